The lowest BCUT2D eigenvalue weighted by molar-refractivity contribution is -0.384. The van der Waals surface area contributed by atoms with Crippen LogP contribution in [0.15, 0.2) is 41.4 Å². The highest BCUT2D eigenvalue weighted by atomic mass is 35.5. The number of carbonyl (C=O) groups excluding carboxylic acids is 2. The topological polar surface area (TPSA) is 105 Å². The zero-order chi connectivity index (χ0) is 25.2. The van der Waals surface area contributed by atoms with E-state index in [9.17, 15) is 19.7 Å². The molecule has 1 heterocycles. The minimum Gasteiger partial charge on any atom is -0.325 e. The van der Waals surface area contributed by atoms with Crippen LogP contribution in [-0.2, 0) is 9.59 Å². The van der Waals surface area contributed by atoms with Crippen molar-refractivity contribution in [2.24, 2.45) is 10.9 Å². The quantitative estimate of drug-likeness (QED) is 0.376. The molecule has 2 amide bonds. The van der Waals surface area contributed by atoms with Crippen molar-refractivity contribution in [2.75, 3.05) is 5.32 Å². The lowest BCUT2D eigenvalue weighted by atomic mass is 10.0. The molecule has 8 nitrogen and oxygen atoms in total. The van der Waals surface area contributed by atoms with Gasteiger partial charge < -0.3 is 5.32 Å². The molecule has 2 atom stereocenters. The molecule has 1 saturated heterocycles. The number of nitrogens with one attached hydrogen (secondary N) is 1. The zero-order valence-corrected chi connectivity index (χ0v) is 21.2. The highest BCUT2D eigenvalue weighted by Gasteiger charge is 2.42. The number of amidine groups is 1. The first-order valence-corrected chi connectivity index (χ1v) is 12.1. The molecule has 34 heavy (non-hydrogen) atoms. The Hall–Kier alpha value is -2.91. The van der Waals surface area contributed by atoms with Gasteiger partial charge >= 0.3 is 0 Å². The maximum atomic E-state index is 13.3. The summed E-state index contributed by atoms with van der Waals surface area (Å²) in [5, 5.41) is 13.7. The van der Waals surface area contributed by atoms with Crippen molar-refractivity contribution in [1.29, 1.82) is 0 Å². The van der Waals surface area contributed by atoms with Crippen LogP contribution in [0, 0.1) is 29.9 Å². The van der Waals surface area contributed by atoms with Gasteiger partial charge in [-0.05, 0) is 44.4 Å². The van der Waals surface area contributed by atoms with E-state index in [4.69, 9.17) is 16.6 Å². The second kappa shape index (κ2) is 10.6. The summed E-state index contributed by atoms with van der Waals surface area (Å²) in [6.45, 7) is 10.0. The van der Waals surface area contributed by atoms with Gasteiger partial charge in [-0.3, -0.25) is 24.6 Å². The minimum atomic E-state index is -0.664. The molecule has 1 fully saturated rings. The molecule has 1 aliphatic heterocycles. The number of carbonyl (C=O) groups is 2. The third-order valence-electron chi connectivity index (χ3n) is 5.71. The molecular weight excluding hydrogens is 476 g/mol. The Morgan fingerprint density at radius 3 is 2.56 bits per heavy atom. The molecule has 0 aliphatic carbocycles. The fraction of sp³-hybridized carbons (Fsp3) is 0.375. The number of thioether (sulfide) groups is 1. The van der Waals surface area contributed by atoms with Gasteiger partial charge in [0.2, 0.25) is 11.8 Å². The minimum absolute atomic E-state index is 0.108. The molecule has 10 heteroatoms. The van der Waals surface area contributed by atoms with E-state index in [1.165, 1.54) is 30.0 Å². The van der Waals surface area contributed by atoms with Gasteiger partial charge in [-0.1, -0.05) is 54.9 Å². The fourth-order valence-corrected chi connectivity index (χ4v) is 4.88. The number of amides is 2. The molecule has 0 bridgehead atoms. The van der Waals surface area contributed by atoms with E-state index in [1.807, 2.05) is 52.8 Å². The van der Waals surface area contributed by atoms with Crippen molar-refractivity contribution >= 4 is 57.4 Å². The van der Waals surface area contributed by atoms with Gasteiger partial charge in [-0.25, -0.2) is 4.99 Å². The molecule has 1 aliphatic rings. The van der Waals surface area contributed by atoms with E-state index in [0.29, 0.717) is 5.17 Å². The number of rotatable bonds is 7. The van der Waals surface area contributed by atoms with Crippen LogP contribution in [0.5, 0.6) is 0 Å². The third kappa shape index (κ3) is 5.77. The summed E-state index contributed by atoms with van der Waals surface area (Å²) in [5.41, 5.74) is 2.84. The molecule has 0 spiro atoms. The van der Waals surface area contributed by atoms with Gasteiger partial charge in [0.25, 0.3) is 5.69 Å². The maximum Gasteiger partial charge on any atom is 0.271 e. The predicted octanol–water partition coefficient (Wildman–Crippen LogP) is 5.87. The SMILES string of the molecule is Cc1ccc(N=C2SC(CC(=O)Nc3cc([N+](=O)[O-])ccc3Cl)C(=O)N2C(C)C(C)C)c(C)c1. The number of halogens is 1. The average Bonchev–Trinajstić information content (AvgIpc) is 3.05. The van der Waals surface area contributed by atoms with Crippen LogP contribution in [0.25, 0.3) is 0 Å². The zero-order valence-electron chi connectivity index (χ0n) is 19.7. The first-order chi connectivity index (χ1) is 16.0. The molecule has 2 unspecified atom stereocenters. The Labute approximate surface area is 207 Å². The normalized spacial score (nSPS) is 18.0. The summed E-state index contributed by atoms with van der Waals surface area (Å²) < 4.78 is 0. The van der Waals surface area contributed by atoms with E-state index < -0.39 is 16.1 Å². The summed E-state index contributed by atoms with van der Waals surface area (Å²) in [4.78, 5) is 43.0. The van der Waals surface area contributed by atoms with E-state index in [1.54, 1.807) is 4.90 Å². The van der Waals surface area contributed by atoms with Crippen molar-refractivity contribution in [3.8, 4) is 0 Å². The Morgan fingerprint density at radius 2 is 1.94 bits per heavy atom. The molecule has 0 aromatic heterocycles. The van der Waals surface area contributed by atoms with Gasteiger partial charge in [-0.2, -0.15) is 0 Å². The van der Waals surface area contributed by atoms with Crippen molar-refractivity contribution in [1.82, 2.24) is 4.90 Å². The summed E-state index contributed by atoms with van der Waals surface area (Å²) in [5.74, 6) is -0.460. The standard InChI is InChI=1S/C24H27ClN4O4S/c1-13(2)16(5)28-23(31)21(34-24(28)27-19-9-6-14(3)10-15(19)4)12-22(30)26-20-11-17(29(32)33)7-8-18(20)25/h6-11,13,16,21H,12H2,1-5H3,(H,26,30). The summed E-state index contributed by atoms with van der Waals surface area (Å²) in [7, 11) is 0. The Balaban J connectivity index is 1.84. The molecular formula is C24H27ClN4O4S. The summed E-state index contributed by atoms with van der Waals surface area (Å²) >= 11 is 7.35. The van der Waals surface area contributed by atoms with Gasteiger partial charge in [0.15, 0.2) is 5.17 Å². The lowest BCUT2D eigenvalue weighted by Crippen LogP contribution is -2.42. The van der Waals surface area contributed by atoms with Crippen molar-refractivity contribution in [2.45, 2.75) is 52.3 Å². The van der Waals surface area contributed by atoms with Gasteiger partial charge in [0.1, 0.15) is 5.25 Å². The summed E-state index contributed by atoms with van der Waals surface area (Å²) in [6.07, 6.45) is -0.115. The fourth-order valence-electron chi connectivity index (χ4n) is 3.49. The number of nitrogens with zero attached hydrogens (tertiary/aromatic N) is 3. The first kappa shape index (κ1) is 25.7. The number of non-ortho nitro benzene ring substituents is 1. The second-order valence-electron chi connectivity index (χ2n) is 8.66. The smallest absolute Gasteiger partial charge is 0.271 e. The van der Waals surface area contributed by atoms with Crippen LogP contribution < -0.4 is 5.32 Å². The Kier molecular flexibility index (Phi) is 7.99. The van der Waals surface area contributed by atoms with Crippen LogP contribution in [0.2, 0.25) is 5.02 Å². The molecule has 2 aromatic carbocycles. The van der Waals surface area contributed by atoms with E-state index in [2.05, 4.69) is 5.32 Å². The number of nitro benzene ring substituents is 1. The monoisotopic (exact) mass is 502 g/mol. The highest BCUT2D eigenvalue weighted by molar-refractivity contribution is 8.15. The number of aryl methyl sites for hydroxylation is 2. The maximum absolute atomic E-state index is 13.3. The first-order valence-electron chi connectivity index (χ1n) is 10.9. The van der Waals surface area contributed by atoms with E-state index in [0.717, 1.165) is 16.8 Å². The highest BCUT2D eigenvalue weighted by Crippen LogP contribution is 2.36. The average molecular weight is 503 g/mol. The van der Waals surface area contributed by atoms with Gasteiger partial charge in [0.05, 0.1) is 21.3 Å². The molecule has 1 N–H and O–H groups in total. The van der Waals surface area contributed by atoms with Gasteiger partial charge in [-0.15, -0.1) is 0 Å². The Morgan fingerprint density at radius 1 is 1.24 bits per heavy atom. The van der Waals surface area contributed by atoms with Gasteiger partial charge in [0, 0.05) is 24.6 Å². The number of hydrogen-bond acceptors (Lipinski definition) is 6. The van der Waals surface area contributed by atoms with Crippen molar-refractivity contribution < 1.29 is 14.5 Å². The molecule has 180 valence electrons. The second-order valence-corrected chi connectivity index (χ2v) is 10.2. The van der Waals surface area contributed by atoms with Crippen LogP contribution >= 0.6 is 23.4 Å². The molecule has 0 radical (unpaired) electrons. The summed E-state index contributed by atoms with van der Waals surface area (Å²) in [6, 6.07) is 9.63. The number of nitro groups is 1. The lowest BCUT2D eigenvalue weighted by Gasteiger charge is -2.27. The van der Waals surface area contributed by atoms with Crippen LogP contribution in [0.3, 0.4) is 0 Å². The van der Waals surface area contributed by atoms with Crippen LogP contribution in [-0.4, -0.2) is 38.1 Å². The molecule has 0 saturated carbocycles. The number of hydrogen-bond donors (Lipinski definition) is 1. The van der Waals surface area contributed by atoms with Crippen molar-refractivity contribution in [3.05, 3.63) is 62.7 Å². The molecule has 3 rings (SSSR count). The number of anilines is 1. The third-order valence-corrected chi connectivity index (χ3v) is 7.19. The van der Waals surface area contributed by atoms with Crippen LogP contribution in [0.4, 0.5) is 17.1 Å². The van der Waals surface area contributed by atoms with E-state index in [-0.39, 0.29) is 40.7 Å². The molecule has 2 aromatic rings. The largest absolute Gasteiger partial charge is 0.325 e. The predicted molar refractivity (Wildman–Crippen MR) is 137 cm³/mol. The Bertz CT molecular complexity index is 1170. The van der Waals surface area contributed by atoms with Crippen molar-refractivity contribution in [3.63, 3.8) is 0 Å². The van der Waals surface area contributed by atoms with Crippen LogP contribution in [0.1, 0.15) is 38.3 Å². The van der Waals surface area contributed by atoms with E-state index >= 15 is 0 Å². The number of benzene rings is 2. The number of aliphatic imine (C=N–C) groups is 1.